The number of benzene rings is 1. The Hall–Kier alpha value is -1.88. The fourth-order valence-electron chi connectivity index (χ4n) is 3.87. The molecule has 2 heterocycles. The fourth-order valence-corrected chi connectivity index (χ4v) is 3.87. The van der Waals surface area contributed by atoms with Crippen LogP contribution in [0.15, 0.2) is 30.6 Å². The van der Waals surface area contributed by atoms with Crippen molar-refractivity contribution in [1.29, 1.82) is 0 Å². The van der Waals surface area contributed by atoms with Crippen LogP contribution < -0.4 is 5.32 Å². The lowest BCUT2D eigenvalue weighted by molar-refractivity contribution is -0.122. The van der Waals surface area contributed by atoms with Gasteiger partial charge < -0.3 is 14.6 Å². The molecule has 5 nitrogen and oxygen atoms in total. The maximum atomic E-state index is 12.3. The minimum Gasteiger partial charge on any atom is -0.373 e. The van der Waals surface area contributed by atoms with Crippen LogP contribution in [0, 0.1) is 0 Å². The van der Waals surface area contributed by atoms with Crippen LogP contribution in [0.4, 0.5) is 0 Å². The van der Waals surface area contributed by atoms with E-state index in [4.69, 9.17) is 4.74 Å². The van der Waals surface area contributed by atoms with Gasteiger partial charge in [-0.25, -0.2) is 4.98 Å². The van der Waals surface area contributed by atoms with Crippen molar-refractivity contribution in [1.82, 2.24) is 14.9 Å². The van der Waals surface area contributed by atoms with Crippen LogP contribution in [0.25, 0.3) is 11.0 Å². The Morgan fingerprint density at radius 2 is 2.18 bits per heavy atom. The first-order valence-corrected chi connectivity index (χ1v) is 8.07. The van der Waals surface area contributed by atoms with Crippen LogP contribution in [-0.2, 0) is 16.1 Å². The van der Waals surface area contributed by atoms with Gasteiger partial charge in [-0.05, 0) is 31.4 Å². The number of fused-ring (bicyclic) bond motifs is 1. The quantitative estimate of drug-likeness (QED) is 0.946. The minimum atomic E-state index is 0.0341. The van der Waals surface area contributed by atoms with Crippen molar-refractivity contribution in [3.63, 3.8) is 0 Å². The van der Waals surface area contributed by atoms with Gasteiger partial charge in [0.25, 0.3) is 0 Å². The number of hydrogen-bond donors (Lipinski definition) is 1. The Labute approximate surface area is 129 Å². The van der Waals surface area contributed by atoms with E-state index in [-0.39, 0.29) is 17.6 Å². The maximum absolute atomic E-state index is 12.3. The summed E-state index contributed by atoms with van der Waals surface area (Å²) in [7, 11) is 0. The van der Waals surface area contributed by atoms with Crippen molar-refractivity contribution in [3.8, 4) is 0 Å². The van der Waals surface area contributed by atoms with E-state index in [1.54, 1.807) is 6.33 Å². The third-order valence-electron chi connectivity index (χ3n) is 4.93. The highest BCUT2D eigenvalue weighted by Crippen LogP contribution is 2.40. The van der Waals surface area contributed by atoms with Gasteiger partial charge in [-0.3, -0.25) is 4.79 Å². The van der Waals surface area contributed by atoms with Crippen molar-refractivity contribution in [2.75, 3.05) is 6.61 Å². The van der Waals surface area contributed by atoms with E-state index >= 15 is 0 Å². The lowest BCUT2D eigenvalue weighted by atomic mass is 9.96. The normalized spacial score (nSPS) is 23.4. The van der Waals surface area contributed by atoms with E-state index in [2.05, 4.69) is 10.3 Å². The number of nitrogens with one attached hydrogen (secondary N) is 1. The molecular formula is C17H21N3O2. The number of aromatic nitrogens is 2. The minimum absolute atomic E-state index is 0.0341. The van der Waals surface area contributed by atoms with E-state index in [9.17, 15) is 4.79 Å². The van der Waals surface area contributed by atoms with Crippen LogP contribution in [0.2, 0.25) is 0 Å². The van der Waals surface area contributed by atoms with Gasteiger partial charge in [0, 0.05) is 0 Å². The number of amides is 1. The standard InChI is InChI=1S/C17H21N3O2/c21-16(10-20-12-18-14-5-1-2-6-15(14)20)19-13-9-17(22-11-13)7-3-4-8-17/h1-2,5-6,12-13H,3-4,7-11H2,(H,19,21)/t13-/m0/s1. The average Bonchev–Trinajstić information content (AvgIpc) is 3.23. The Morgan fingerprint density at radius 3 is 3.05 bits per heavy atom. The number of hydrogen-bond acceptors (Lipinski definition) is 3. The summed E-state index contributed by atoms with van der Waals surface area (Å²) >= 11 is 0. The average molecular weight is 299 g/mol. The second-order valence-corrected chi connectivity index (χ2v) is 6.53. The van der Waals surface area contributed by atoms with Gasteiger partial charge in [0.05, 0.1) is 35.6 Å². The molecule has 0 bridgehead atoms. The summed E-state index contributed by atoms with van der Waals surface area (Å²) in [6, 6.07) is 8.02. The van der Waals surface area contributed by atoms with E-state index in [1.165, 1.54) is 12.8 Å². The fraction of sp³-hybridized carbons (Fsp3) is 0.529. The lowest BCUT2D eigenvalue weighted by Gasteiger charge is -2.21. The zero-order valence-electron chi connectivity index (χ0n) is 12.6. The third-order valence-corrected chi connectivity index (χ3v) is 4.93. The zero-order chi connectivity index (χ0) is 15.0. The second kappa shape index (κ2) is 5.39. The van der Waals surface area contributed by atoms with Crippen LogP contribution >= 0.6 is 0 Å². The van der Waals surface area contributed by atoms with Crippen molar-refractivity contribution < 1.29 is 9.53 Å². The number of carbonyl (C=O) groups excluding carboxylic acids is 1. The molecule has 0 radical (unpaired) electrons. The Morgan fingerprint density at radius 1 is 1.36 bits per heavy atom. The highest BCUT2D eigenvalue weighted by Gasteiger charge is 2.42. The molecule has 22 heavy (non-hydrogen) atoms. The van der Waals surface area contributed by atoms with Crippen LogP contribution in [-0.4, -0.2) is 33.7 Å². The number of ether oxygens (including phenoxy) is 1. The van der Waals surface area contributed by atoms with Gasteiger partial charge in [0.1, 0.15) is 6.54 Å². The number of nitrogens with zero attached hydrogens (tertiary/aromatic N) is 2. The smallest absolute Gasteiger partial charge is 0.240 e. The van der Waals surface area contributed by atoms with Crippen molar-refractivity contribution >= 4 is 16.9 Å². The highest BCUT2D eigenvalue weighted by molar-refractivity contribution is 5.80. The summed E-state index contributed by atoms with van der Waals surface area (Å²) in [4.78, 5) is 16.6. The Balaban J connectivity index is 1.39. The first-order valence-electron chi connectivity index (χ1n) is 8.07. The molecule has 2 fully saturated rings. The molecule has 1 aromatic heterocycles. The van der Waals surface area contributed by atoms with E-state index in [0.717, 1.165) is 30.3 Å². The van der Waals surface area contributed by atoms with Crippen molar-refractivity contribution in [2.24, 2.45) is 0 Å². The molecule has 1 saturated carbocycles. The maximum Gasteiger partial charge on any atom is 0.240 e. The van der Waals surface area contributed by atoms with Crippen molar-refractivity contribution in [3.05, 3.63) is 30.6 Å². The molecule has 1 N–H and O–H groups in total. The lowest BCUT2D eigenvalue weighted by Crippen LogP contribution is -2.38. The molecule has 4 rings (SSSR count). The van der Waals surface area contributed by atoms with Crippen molar-refractivity contribution in [2.45, 2.75) is 50.3 Å². The zero-order valence-corrected chi connectivity index (χ0v) is 12.6. The Bertz CT molecular complexity index is 688. The SMILES string of the molecule is O=C(Cn1cnc2ccccc21)N[C@@H]1COC2(CCCC2)C1. The van der Waals surface area contributed by atoms with Crippen LogP contribution in [0.5, 0.6) is 0 Å². The van der Waals surface area contributed by atoms with Gasteiger partial charge in [0.15, 0.2) is 0 Å². The molecule has 1 saturated heterocycles. The van der Waals surface area contributed by atoms with Crippen LogP contribution in [0.3, 0.4) is 0 Å². The third kappa shape index (κ3) is 2.50. The molecule has 1 atom stereocenters. The van der Waals surface area contributed by atoms with E-state index in [1.807, 2.05) is 28.8 Å². The van der Waals surface area contributed by atoms with Gasteiger partial charge >= 0.3 is 0 Å². The monoisotopic (exact) mass is 299 g/mol. The summed E-state index contributed by atoms with van der Waals surface area (Å²) in [5.41, 5.74) is 1.97. The van der Waals surface area contributed by atoms with Gasteiger partial charge in [0.2, 0.25) is 5.91 Å². The number of para-hydroxylation sites is 2. The topological polar surface area (TPSA) is 56.2 Å². The Kier molecular flexibility index (Phi) is 3.37. The molecule has 1 aliphatic heterocycles. The molecule has 1 aromatic carbocycles. The van der Waals surface area contributed by atoms with Crippen LogP contribution in [0.1, 0.15) is 32.1 Å². The molecule has 5 heteroatoms. The number of imidazole rings is 1. The number of carbonyl (C=O) groups is 1. The molecule has 2 aromatic rings. The molecule has 1 aliphatic carbocycles. The first-order chi connectivity index (χ1) is 10.7. The predicted octanol–water partition coefficient (Wildman–Crippen LogP) is 2.25. The summed E-state index contributed by atoms with van der Waals surface area (Å²) < 4.78 is 7.88. The van der Waals surface area contributed by atoms with Gasteiger partial charge in [-0.15, -0.1) is 0 Å². The molecular weight excluding hydrogens is 278 g/mol. The number of rotatable bonds is 3. The molecule has 0 unspecified atom stereocenters. The van der Waals surface area contributed by atoms with E-state index in [0.29, 0.717) is 13.2 Å². The molecule has 1 spiro atoms. The predicted molar refractivity (Wildman–Crippen MR) is 83.4 cm³/mol. The van der Waals surface area contributed by atoms with Gasteiger partial charge in [-0.1, -0.05) is 25.0 Å². The molecule has 116 valence electrons. The summed E-state index contributed by atoms with van der Waals surface area (Å²) in [5, 5.41) is 3.12. The molecule has 1 amide bonds. The van der Waals surface area contributed by atoms with Gasteiger partial charge in [-0.2, -0.15) is 0 Å². The summed E-state index contributed by atoms with van der Waals surface area (Å²) in [5.74, 6) is 0.0341. The van der Waals surface area contributed by atoms with E-state index < -0.39 is 0 Å². The summed E-state index contributed by atoms with van der Waals surface area (Å²) in [6.45, 7) is 0.959. The summed E-state index contributed by atoms with van der Waals surface area (Å²) in [6.07, 6.45) is 7.48. The highest BCUT2D eigenvalue weighted by atomic mass is 16.5. The second-order valence-electron chi connectivity index (χ2n) is 6.53. The first kappa shape index (κ1) is 13.8. The largest absolute Gasteiger partial charge is 0.373 e. The molecule has 2 aliphatic rings.